The van der Waals surface area contributed by atoms with E-state index in [4.69, 9.17) is 0 Å². The van der Waals surface area contributed by atoms with Gasteiger partial charge in [-0.1, -0.05) is 97.1 Å². The standard InChI is InChI=1S/C35H37N3O/c39-35-34-26-32(17-16-31(34)18-21-38(35)27-28-10-4-1-5-11-28)37-24-22-36(23-25-37)20-19-33(29-12-6-2-7-13-29)30-14-8-3-9-15-30/h1-17,26,33H,18-25,27H2. The Hall–Kier alpha value is -3.89. The third kappa shape index (κ3) is 5.91. The van der Waals surface area contributed by atoms with E-state index in [2.05, 4.69) is 101 Å². The molecule has 4 heteroatoms. The highest BCUT2D eigenvalue weighted by atomic mass is 16.2. The van der Waals surface area contributed by atoms with Crippen molar-refractivity contribution in [2.24, 2.45) is 0 Å². The molecule has 0 aromatic heterocycles. The second kappa shape index (κ2) is 11.9. The van der Waals surface area contributed by atoms with Crippen LogP contribution in [0.3, 0.4) is 0 Å². The topological polar surface area (TPSA) is 26.8 Å². The van der Waals surface area contributed by atoms with Crippen LogP contribution in [0.4, 0.5) is 5.69 Å². The van der Waals surface area contributed by atoms with Crippen LogP contribution in [0.2, 0.25) is 0 Å². The first-order valence-electron chi connectivity index (χ1n) is 14.3. The summed E-state index contributed by atoms with van der Waals surface area (Å²) in [6.07, 6.45) is 2.03. The first-order chi connectivity index (χ1) is 19.2. The molecule has 6 rings (SSSR count). The molecule has 0 spiro atoms. The van der Waals surface area contributed by atoms with Crippen molar-refractivity contribution in [2.45, 2.75) is 25.3 Å². The number of hydrogen-bond donors (Lipinski definition) is 0. The highest BCUT2D eigenvalue weighted by Gasteiger charge is 2.26. The molecule has 2 heterocycles. The van der Waals surface area contributed by atoms with E-state index in [1.807, 2.05) is 23.1 Å². The lowest BCUT2D eigenvalue weighted by molar-refractivity contribution is 0.0727. The summed E-state index contributed by atoms with van der Waals surface area (Å²) < 4.78 is 0. The van der Waals surface area contributed by atoms with Crippen LogP contribution in [0.15, 0.2) is 109 Å². The predicted octanol–water partition coefficient (Wildman–Crippen LogP) is 6.23. The lowest BCUT2D eigenvalue weighted by atomic mass is 9.88. The fourth-order valence-electron chi connectivity index (χ4n) is 6.10. The number of anilines is 1. The van der Waals surface area contributed by atoms with Gasteiger partial charge in [0.05, 0.1) is 0 Å². The average molecular weight is 516 g/mol. The molecule has 4 aromatic carbocycles. The van der Waals surface area contributed by atoms with Crippen LogP contribution in [0.25, 0.3) is 0 Å². The normalized spacial score (nSPS) is 16.0. The number of piperazine rings is 1. The van der Waals surface area contributed by atoms with E-state index >= 15 is 0 Å². The molecule has 0 atom stereocenters. The van der Waals surface area contributed by atoms with Crippen molar-refractivity contribution in [1.29, 1.82) is 0 Å². The van der Waals surface area contributed by atoms with Gasteiger partial charge < -0.3 is 9.80 Å². The maximum Gasteiger partial charge on any atom is 0.254 e. The molecule has 39 heavy (non-hydrogen) atoms. The number of nitrogens with zero attached hydrogens (tertiary/aromatic N) is 3. The van der Waals surface area contributed by atoms with E-state index in [-0.39, 0.29) is 5.91 Å². The van der Waals surface area contributed by atoms with Gasteiger partial charge in [0.15, 0.2) is 0 Å². The minimum absolute atomic E-state index is 0.161. The zero-order chi connectivity index (χ0) is 26.4. The van der Waals surface area contributed by atoms with Crippen molar-refractivity contribution in [3.05, 3.63) is 137 Å². The average Bonchev–Trinajstić information content (AvgIpc) is 3.01. The number of amides is 1. The highest BCUT2D eigenvalue weighted by Crippen LogP contribution is 2.29. The van der Waals surface area contributed by atoms with Crippen molar-refractivity contribution in [3.63, 3.8) is 0 Å². The van der Waals surface area contributed by atoms with Crippen molar-refractivity contribution in [1.82, 2.24) is 9.80 Å². The molecule has 1 amide bonds. The van der Waals surface area contributed by atoms with Crippen molar-refractivity contribution < 1.29 is 4.79 Å². The van der Waals surface area contributed by atoms with Gasteiger partial charge in [-0.25, -0.2) is 0 Å². The Morgan fingerprint density at radius 1 is 0.667 bits per heavy atom. The summed E-state index contributed by atoms with van der Waals surface area (Å²) in [7, 11) is 0. The Balaban J connectivity index is 1.08. The van der Waals surface area contributed by atoms with Crippen LogP contribution in [0.5, 0.6) is 0 Å². The van der Waals surface area contributed by atoms with E-state index in [1.165, 1.54) is 27.9 Å². The van der Waals surface area contributed by atoms with Gasteiger partial charge in [-0.05, 0) is 53.8 Å². The van der Waals surface area contributed by atoms with Gasteiger partial charge in [-0.2, -0.15) is 0 Å². The second-order valence-corrected chi connectivity index (χ2v) is 10.8. The first-order valence-corrected chi connectivity index (χ1v) is 14.3. The SMILES string of the molecule is O=C1c2cc(N3CCN(CCC(c4ccccc4)c4ccccc4)CC3)ccc2CCN1Cc1ccccc1. The molecular formula is C35H37N3O. The van der Waals surface area contributed by atoms with Crippen LogP contribution in [0.1, 0.15) is 45.0 Å². The molecule has 4 nitrogen and oxygen atoms in total. The van der Waals surface area contributed by atoms with Crippen LogP contribution in [-0.2, 0) is 13.0 Å². The van der Waals surface area contributed by atoms with Crippen LogP contribution in [0, 0.1) is 0 Å². The Bertz CT molecular complexity index is 1330. The van der Waals surface area contributed by atoms with E-state index in [0.29, 0.717) is 12.5 Å². The molecular weight excluding hydrogens is 478 g/mol. The Labute approximate surface area is 232 Å². The summed E-state index contributed by atoms with van der Waals surface area (Å²) in [6.45, 7) is 6.60. The molecule has 0 radical (unpaired) electrons. The molecule has 0 unspecified atom stereocenters. The lowest BCUT2D eigenvalue weighted by Gasteiger charge is -2.37. The number of hydrogen-bond acceptors (Lipinski definition) is 3. The number of fused-ring (bicyclic) bond motifs is 1. The van der Waals surface area contributed by atoms with Gasteiger partial charge in [0.2, 0.25) is 0 Å². The van der Waals surface area contributed by atoms with Crippen molar-refractivity contribution in [2.75, 3.05) is 44.2 Å². The maximum atomic E-state index is 13.4. The number of carbonyl (C=O) groups excluding carboxylic acids is 1. The van der Waals surface area contributed by atoms with E-state index < -0.39 is 0 Å². The zero-order valence-corrected chi connectivity index (χ0v) is 22.6. The molecule has 2 aliphatic heterocycles. The van der Waals surface area contributed by atoms with Gasteiger partial charge in [0, 0.05) is 56.4 Å². The van der Waals surface area contributed by atoms with E-state index in [0.717, 1.165) is 57.7 Å². The molecule has 4 aromatic rings. The minimum atomic E-state index is 0.161. The summed E-state index contributed by atoms with van der Waals surface area (Å²) in [5.41, 5.74) is 7.20. The minimum Gasteiger partial charge on any atom is -0.369 e. The molecule has 0 N–H and O–H groups in total. The summed E-state index contributed by atoms with van der Waals surface area (Å²) in [6, 6.07) is 38.7. The van der Waals surface area contributed by atoms with E-state index in [9.17, 15) is 4.79 Å². The molecule has 1 fully saturated rings. The third-order valence-electron chi connectivity index (χ3n) is 8.35. The van der Waals surface area contributed by atoms with Gasteiger partial charge in [0.25, 0.3) is 5.91 Å². The van der Waals surface area contributed by atoms with Crippen molar-refractivity contribution in [3.8, 4) is 0 Å². The molecule has 198 valence electrons. The molecule has 2 aliphatic rings. The Kier molecular flexibility index (Phi) is 7.73. The molecule has 0 aliphatic carbocycles. The Morgan fingerprint density at radius 3 is 1.92 bits per heavy atom. The fraction of sp³-hybridized carbons (Fsp3) is 0.286. The van der Waals surface area contributed by atoms with Gasteiger partial charge in [-0.3, -0.25) is 9.69 Å². The second-order valence-electron chi connectivity index (χ2n) is 10.8. The molecule has 0 bridgehead atoms. The fourth-order valence-corrected chi connectivity index (χ4v) is 6.10. The number of carbonyl (C=O) groups is 1. The quantitative estimate of drug-likeness (QED) is 0.278. The third-order valence-corrected chi connectivity index (χ3v) is 8.35. The number of rotatable bonds is 8. The molecule has 0 saturated carbocycles. The summed E-state index contributed by atoms with van der Waals surface area (Å²) >= 11 is 0. The Morgan fingerprint density at radius 2 is 1.28 bits per heavy atom. The summed E-state index contributed by atoms with van der Waals surface area (Å²) in [4.78, 5) is 20.4. The van der Waals surface area contributed by atoms with E-state index in [1.54, 1.807) is 0 Å². The van der Waals surface area contributed by atoms with Crippen LogP contribution in [-0.4, -0.2) is 55.0 Å². The lowest BCUT2D eigenvalue weighted by Crippen LogP contribution is -2.47. The summed E-state index contributed by atoms with van der Waals surface area (Å²) in [5, 5.41) is 0. The number of benzene rings is 4. The maximum absolute atomic E-state index is 13.4. The highest BCUT2D eigenvalue weighted by molar-refractivity contribution is 5.97. The predicted molar refractivity (Wildman–Crippen MR) is 159 cm³/mol. The first kappa shape index (κ1) is 25.4. The van der Waals surface area contributed by atoms with Crippen molar-refractivity contribution >= 4 is 11.6 Å². The molecule has 1 saturated heterocycles. The van der Waals surface area contributed by atoms with Crippen LogP contribution < -0.4 is 4.90 Å². The van der Waals surface area contributed by atoms with Gasteiger partial charge in [0.1, 0.15) is 0 Å². The monoisotopic (exact) mass is 515 g/mol. The smallest absolute Gasteiger partial charge is 0.254 e. The largest absolute Gasteiger partial charge is 0.369 e. The summed E-state index contributed by atoms with van der Waals surface area (Å²) in [5.74, 6) is 0.573. The zero-order valence-electron chi connectivity index (χ0n) is 22.6. The van der Waals surface area contributed by atoms with Gasteiger partial charge in [-0.15, -0.1) is 0 Å². The van der Waals surface area contributed by atoms with Gasteiger partial charge >= 0.3 is 0 Å². The van der Waals surface area contributed by atoms with Crippen LogP contribution >= 0.6 is 0 Å².